The van der Waals surface area contributed by atoms with Crippen LogP contribution < -0.4 is 0 Å². The second-order valence-electron chi connectivity index (χ2n) is 7.11. The highest BCUT2D eigenvalue weighted by molar-refractivity contribution is 5.35. The van der Waals surface area contributed by atoms with E-state index in [1.807, 2.05) is 0 Å². The zero-order chi connectivity index (χ0) is 12.3. The van der Waals surface area contributed by atoms with E-state index in [1.165, 1.54) is 24.8 Å². The Labute approximate surface area is 104 Å². The lowest BCUT2D eigenvalue weighted by atomic mass is 9.51. The average Bonchev–Trinajstić information content (AvgIpc) is 2.63. The number of hydrogen-bond acceptors (Lipinski definition) is 2. The van der Waals surface area contributed by atoms with Crippen LogP contribution >= 0.6 is 0 Å². The van der Waals surface area contributed by atoms with Gasteiger partial charge in [-0.3, -0.25) is 0 Å². The summed E-state index contributed by atoms with van der Waals surface area (Å²) in [5.74, 6) is 1.45. The lowest BCUT2D eigenvalue weighted by molar-refractivity contribution is 0.0828. The van der Waals surface area contributed by atoms with Crippen molar-refractivity contribution in [3.8, 4) is 0 Å². The van der Waals surface area contributed by atoms with Gasteiger partial charge in [0, 0.05) is 6.61 Å². The molecule has 0 bridgehead atoms. The monoisotopic (exact) mass is 236 g/mol. The van der Waals surface area contributed by atoms with Gasteiger partial charge in [0.1, 0.15) is 0 Å². The van der Waals surface area contributed by atoms with Gasteiger partial charge in [-0.15, -0.1) is 0 Å². The topological polar surface area (TPSA) is 40.5 Å². The fraction of sp³-hybridized carbons (Fsp3) is 0.867. The average molecular weight is 236 g/mol. The fourth-order valence-corrected chi connectivity index (χ4v) is 4.88. The minimum Gasteiger partial charge on any atom is -0.396 e. The van der Waals surface area contributed by atoms with E-state index in [9.17, 15) is 10.2 Å². The first-order valence-corrected chi connectivity index (χ1v) is 6.95. The predicted octanol–water partition coefficient (Wildman–Crippen LogP) is 2.50. The molecule has 17 heavy (non-hydrogen) atoms. The minimum atomic E-state index is 0.129. The van der Waals surface area contributed by atoms with Crippen molar-refractivity contribution in [2.45, 2.75) is 46.0 Å². The molecule has 3 aliphatic rings. The Morgan fingerprint density at radius 2 is 2.00 bits per heavy atom. The molecule has 0 aromatic carbocycles. The zero-order valence-corrected chi connectivity index (χ0v) is 11.0. The van der Waals surface area contributed by atoms with Crippen molar-refractivity contribution in [3.63, 3.8) is 0 Å². The Morgan fingerprint density at radius 1 is 1.24 bits per heavy atom. The van der Waals surface area contributed by atoms with Gasteiger partial charge >= 0.3 is 0 Å². The highest BCUT2D eigenvalue weighted by atomic mass is 16.3. The summed E-state index contributed by atoms with van der Waals surface area (Å²) in [5.41, 5.74) is 3.36. The number of rotatable bonds is 2. The van der Waals surface area contributed by atoms with Crippen LogP contribution in [0.1, 0.15) is 46.0 Å². The smallest absolute Gasteiger partial charge is 0.0644 e. The molecule has 0 radical (unpaired) electrons. The van der Waals surface area contributed by atoms with Gasteiger partial charge < -0.3 is 10.2 Å². The molecule has 0 aromatic heterocycles. The first kappa shape index (κ1) is 11.7. The molecule has 0 amide bonds. The molecule has 0 aliphatic heterocycles. The summed E-state index contributed by atoms with van der Waals surface area (Å²) in [6.45, 7) is 5.19. The van der Waals surface area contributed by atoms with Crippen LogP contribution in [-0.4, -0.2) is 23.4 Å². The first-order chi connectivity index (χ1) is 8.02. The van der Waals surface area contributed by atoms with Crippen LogP contribution in [0.2, 0.25) is 0 Å². The van der Waals surface area contributed by atoms with Gasteiger partial charge in [-0.2, -0.15) is 0 Å². The molecule has 2 heteroatoms. The largest absolute Gasteiger partial charge is 0.396 e. The number of fused-ring (bicyclic) bond motifs is 3. The summed E-state index contributed by atoms with van der Waals surface area (Å²) in [5, 5.41) is 19.1. The van der Waals surface area contributed by atoms with E-state index < -0.39 is 0 Å². The Hall–Kier alpha value is -0.340. The quantitative estimate of drug-likeness (QED) is 0.723. The highest BCUT2D eigenvalue weighted by Gasteiger charge is 2.56. The fourth-order valence-electron chi connectivity index (χ4n) is 4.88. The SMILES string of the molecule is C[C@]1(CO)C[C@H]2CC(CO)=C3CC[C@]3(C)[C@H]2C1. The summed E-state index contributed by atoms with van der Waals surface area (Å²) in [4.78, 5) is 0. The molecule has 0 aromatic rings. The summed E-state index contributed by atoms with van der Waals surface area (Å²) in [7, 11) is 0. The molecule has 2 fully saturated rings. The third-order valence-corrected chi connectivity index (χ3v) is 5.95. The molecule has 96 valence electrons. The highest BCUT2D eigenvalue weighted by Crippen LogP contribution is 2.66. The Kier molecular flexibility index (Phi) is 2.47. The van der Waals surface area contributed by atoms with Gasteiger partial charge in [-0.05, 0) is 60.3 Å². The Morgan fingerprint density at radius 3 is 2.53 bits per heavy atom. The van der Waals surface area contributed by atoms with E-state index in [0.29, 0.717) is 17.9 Å². The van der Waals surface area contributed by atoms with Gasteiger partial charge in [0.2, 0.25) is 0 Å². The molecule has 0 spiro atoms. The molecular weight excluding hydrogens is 212 g/mol. The molecule has 2 saturated carbocycles. The maximum atomic E-state index is 9.59. The van der Waals surface area contributed by atoms with Crippen molar-refractivity contribution in [3.05, 3.63) is 11.1 Å². The molecule has 3 aliphatic carbocycles. The van der Waals surface area contributed by atoms with Crippen LogP contribution in [0.4, 0.5) is 0 Å². The van der Waals surface area contributed by atoms with Gasteiger partial charge in [0.25, 0.3) is 0 Å². The van der Waals surface area contributed by atoms with Crippen molar-refractivity contribution in [2.75, 3.05) is 13.2 Å². The van der Waals surface area contributed by atoms with Gasteiger partial charge in [0.05, 0.1) is 6.61 Å². The van der Waals surface area contributed by atoms with Crippen LogP contribution in [0, 0.1) is 22.7 Å². The van der Waals surface area contributed by atoms with E-state index >= 15 is 0 Å². The lowest BCUT2D eigenvalue weighted by Crippen LogP contribution is -2.43. The van der Waals surface area contributed by atoms with Crippen molar-refractivity contribution in [2.24, 2.45) is 22.7 Å². The Balaban J connectivity index is 1.93. The van der Waals surface area contributed by atoms with Crippen molar-refractivity contribution in [1.29, 1.82) is 0 Å². The van der Waals surface area contributed by atoms with E-state index in [4.69, 9.17) is 0 Å². The number of aliphatic hydroxyl groups is 2. The molecule has 4 atom stereocenters. The van der Waals surface area contributed by atoms with Crippen LogP contribution in [-0.2, 0) is 0 Å². The summed E-state index contributed by atoms with van der Waals surface area (Å²) < 4.78 is 0. The molecule has 0 saturated heterocycles. The molecule has 2 N–H and O–H groups in total. The van der Waals surface area contributed by atoms with E-state index in [-0.39, 0.29) is 12.0 Å². The van der Waals surface area contributed by atoms with Gasteiger partial charge in [0.15, 0.2) is 0 Å². The second kappa shape index (κ2) is 3.58. The molecule has 0 heterocycles. The molecular formula is C15H24O2. The van der Waals surface area contributed by atoms with Gasteiger partial charge in [-0.25, -0.2) is 0 Å². The van der Waals surface area contributed by atoms with Crippen molar-refractivity contribution >= 4 is 0 Å². The summed E-state index contributed by atoms with van der Waals surface area (Å²) in [6.07, 6.45) is 5.88. The normalized spacial score (nSPS) is 48.7. The predicted molar refractivity (Wildman–Crippen MR) is 67.5 cm³/mol. The molecule has 0 unspecified atom stereocenters. The number of allylic oxidation sites excluding steroid dienone is 1. The maximum Gasteiger partial charge on any atom is 0.0644 e. The minimum absolute atomic E-state index is 0.129. The Bertz CT molecular complexity index is 373. The summed E-state index contributed by atoms with van der Waals surface area (Å²) >= 11 is 0. The molecule has 3 rings (SSSR count). The third kappa shape index (κ3) is 1.47. The van der Waals surface area contributed by atoms with Crippen LogP contribution in [0.3, 0.4) is 0 Å². The zero-order valence-electron chi connectivity index (χ0n) is 11.0. The van der Waals surface area contributed by atoms with E-state index in [2.05, 4.69) is 13.8 Å². The van der Waals surface area contributed by atoms with E-state index in [1.54, 1.807) is 5.57 Å². The lowest BCUT2D eigenvalue weighted by Gasteiger charge is -2.53. The standard InChI is InChI=1S/C15H24O2/c1-14(9-17)6-10-5-11(8-16)12-3-4-15(12,2)13(10)7-14/h10,13,16-17H,3-9H2,1-2H3/t10-,13+,14+,15+/m1/s1. The van der Waals surface area contributed by atoms with Crippen molar-refractivity contribution < 1.29 is 10.2 Å². The van der Waals surface area contributed by atoms with Crippen LogP contribution in [0.15, 0.2) is 11.1 Å². The summed E-state index contributed by atoms with van der Waals surface area (Å²) in [6, 6.07) is 0. The number of hydrogen-bond donors (Lipinski definition) is 2. The second-order valence-corrected chi connectivity index (χ2v) is 7.11. The van der Waals surface area contributed by atoms with Crippen LogP contribution in [0.25, 0.3) is 0 Å². The first-order valence-electron chi connectivity index (χ1n) is 6.95. The van der Waals surface area contributed by atoms with E-state index in [0.717, 1.165) is 18.8 Å². The third-order valence-electron chi connectivity index (χ3n) is 5.95. The van der Waals surface area contributed by atoms with Gasteiger partial charge in [-0.1, -0.05) is 19.4 Å². The van der Waals surface area contributed by atoms with Crippen molar-refractivity contribution in [1.82, 2.24) is 0 Å². The number of aliphatic hydroxyl groups excluding tert-OH is 2. The molecule has 2 nitrogen and oxygen atoms in total. The van der Waals surface area contributed by atoms with Crippen LogP contribution in [0.5, 0.6) is 0 Å². The maximum absolute atomic E-state index is 9.59.